The highest BCUT2D eigenvalue weighted by atomic mass is 32.1. The van der Waals surface area contributed by atoms with Gasteiger partial charge >= 0.3 is 18.0 Å². The first kappa shape index (κ1) is 19.4. The van der Waals surface area contributed by atoms with Gasteiger partial charge in [-0.3, -0.25) is 4.79 Å². The third-order valence-corrected chi connectivity index (χ3v) is 5.71. The molecular weight excluding hydrogens is 368 g/mol. The summed E-state index contributed by atoms with van der Waals surface area (Å²) >= 11 is 1.43. The zero-order valence-corrected chi connectivity index (χ0v) is 16.1. The van der Waals surface area contributed by atoms with E-state index in [1.165, 1.54) is 11.3 Å². The Hall–Kier alpha value is -2.35. The maximum Gasteiger partial charge on any atom is 0.338 e. The molecule has 8 heteroatoms. The van der Waals surface area contributed by atoms with Crippen molar-refractivity contribution in [2.45, 2.75) is 45.1 Å². The molecule has 2 N–H and O–H groups in total. The van der Waals surface area contributed by atoms with Gasteiger partial charge in [0.2, 0.25) is 0 Å². The quantitative estimate of drug-likeness (QED) is 0.726. The van der Waals surface area contributed by atoms with Crippen molar-refractivity contribution in [3.63, 3.8) is 0 Å². The first-order valence-electron chi connectivity index (χ1n) is 9.27. The zero-order chi connectivity index (χ0) is 19.2. The molecule has 1 aliphatic carbocycles. The Balaban J connectivity index is 1.82. The SMILES string of the molecule is CCOC(=O)C1=C(COC(=O)C2CCCCC2)NC(=O)N[C@@H]1c1cccs1. The first-order chi connectivity index (χ1) is 13.1. The number of carbonyl (C=O) groups is 3. The Morgan fingerprint density at radius 1 is 1.22 bits per heavy atom. The molecule has 27 heavy (non-hydrogen) atoms. The summed E-state index contributed by atoms with van der Waals surface area (Å²) in [5.74, 6) is -0.908. The lowest BCUT2D eigenvalue weighted by Gasteiger charge is -2.28. The molecule has 0 radical (unpaired) electrons. The fraction of sp³-hybridized carbons (Fsp3) is 0.526. The standard InChI is InChI=1S/C19H24N2O5S/c1-2-25-18(23)15-13(11-26-17(22)12-7-4-3-5-8-12)20-19(24)21-16(15)14-9-6-10-27-14/h6,9-10,12,16H,2-5,7-8,11H2,1H3,(H2,20,21,24)/t16-/m1/s1. The van der Waals surface area contributed by atoms with Gasteiger partial charge in [-0.2, -0.15) is 0 Å². The number of esters is 2. The Bertz CT molecular complexity index is 722. The van der Waals surface area contributed by atoms with Crippen LogP contribution in [0.1, 0.15) is 49.9 Å². The molecule has 7 nitrogen and oxygen atoms in total. The number of urea groups is 1. The minimum absolute atomic E-state index is 0.101. The number of rotatable bonds is 6. The van der Waals surface area contributed by atoms with Crippen LogP contribution in [-0.2, 0) is 19.1 Å². The normalized spacial score (nSPS) is 20.6. The van der Waals surface area contributed by atoms with Crippen molar-refractivity contribution in [3.05, 3.63) is 33.7 Å². The van der Waals surface area contributed by atoms with Crippen molar-refractivity contribution < 1.29 is 23.9 Å². The fourth-order valence-corrected chi connectivity index (χ4v) is 4.23. The Labute approximate surface area is 162 Å². The van der Waals surface area contributed by atoms with Crippen molar-refractivity contribution in [2.75, 3.05) is 13.2 Å². The van der Waals surface area contributed by atoms with Crippen LogP contribution in [0.5, 0.6) is 0 Å². The van der Waals surface area contributed by atoms with Gasteiger partial charge in [-0.25, -0.2) is 9.59 Å². The van der Waals surface area contributed by atoms with Gasteiger partial charge < -0.3 is 20.1 Å². The minimum atomic E-state index is -0.624. The first-order valence-corrected chi connectivity index (χ1v) is 10.2. The predicted octanol–water partition coefficient (Wildman–Crippen LogP) is 3.04. The van der Waals surface area contributed by atoms with Crippen LogP contribution < -0.4 is 10.6 Å². The highest BCUT2D eigenvalue weighted by Crippen LogP contribution is 2.31. The van der Waals surface area contributed by atoms with Gasteiger partial charge in [0, 0.05) is 4.88 Å². The van der Waals surface area contributed by atoms with Crippen LogP contribution in [0.3, 0.4) is 0 Å². The Morgan fingerprint density at radius 2 is 2.00 bits per heavy atom. The van der Waals surface area contributed by atoms with Crippen LogP contribution in [-0.4, -0.2) is 31.2 Å². The number of nitrogens with one attached hydrogen (secondary N) is 2. The van der Waals surface area contributed by atoms with Crippen molar-refractivity contribution in [2.24, 2.45) is 5.92 Å². The lowest BCUT2D eigenvalue weighted by Crippen LogP contribution is -2.47. The van der Waals surface area contributed by atoms with Gasteiger partial charge in [-0.05, 0) is 31.2 Å². The van der Waals surface area contributed by atoms with Gasteiger partial charge in [-0.1, -0.05) is 25.3 Å². The van der Waals surface area contributed by atoms with Gasteiger partial charge in [0.15, 0.2) is 0 Å². The second kappa shape index (κ2) is 9.03. The van der Waals surface area contributed by atoms with E-state index in [-0.39, 0.29) is 36.4 Å². The summed E-state index contributed by atoms with van der Waals surface area (Å²) in [6, 6.07) is 2.62. The smallest absolute Gasteiger partial charge is 0.338 e. The van der Waals surface area contributed by atoms with Gasteiger partial charge in [0.25, 0.3) is 0 Å². The number of carbonyl (C=O) groups excluding carboxylic acids is 3. The van der Waals surface area contributed by atoms with Gasteiger partial charge in [0.05, 0.1) is 29.8 Å². The molecule has 1 aliphatic heterocycles. The number of amides is 2. The second-order valence-corrected chi connectivity index (χ2v) is 7.58. The molecule has 1 aromatic rings. The Morgan fingerprint density at radius 3 is 2.67 bits per heavy atom. The highest BCUT2D eigenvalue weighted by Gasteiger charge is 2.35. The van der Waals surface area contributed by atoms with E-state index >= 15 is 0 Å². The third kappa shape index (κ3) is 4.68. The van der Waals surface area contributed by atoms with Crippen molar-refractivity contribution >= 4 is 29.3 Å². The molecule has 1 saturated carbocycles. The van der Waals surface area contributed by atoms with E-state index in [0.29, 0.717) is 0 Å². The Kier molecular flexibility index (Phi) is 6.49. The van der Waals surface area contributed by atoms with Gasteiger partial charge in [0.1, 0.15) is 6.61 Å². The predicted molar refractivity (Wildman–Crippen MR) is 99.9 cm³/mol. The van der Waals surface area contributed by atoms with Crippen molar-refractivity contribution in [3.8, 4) is 0 Å². The van der Waals surface area contributed by atoms with Crippen LogP contribution in [0.2, 0.25) is 0 Å². The lowest BCUT2D eigenvalue weighted by molar-refractivity contribution is -0.149. The summed E-state index contributed by atoms with van der Waals surface area (Å²) in [5, 5.41) is 7.23. The molecule has 2 heterocycles. The zero-order valence-electron chi connectivity index (χ0n) is 15.3. The molecule has 0 bridgehead atoms. The van der Waals surface area contributed by atoms with Crippen LogP contribution in [0, 0.1) is 5.92 Å². The summed E-state index contributed by atoms with van der Waals surface area (Å²) in [6.07, 6.45) is 4.85. The molecule has 1 aromatic heterocycles. The summed E-state index contributed by atoms with van der Waals surface area (Å²) in [5.41, 5.74) is 0.551. The molecule has 3 rings (SSSR count). The van der Waals surface area contributed by atoms with Crippen LogP contribution in [0.4, 0.5) is 4.79 Å². The maximum atomic E-state index is 12.6. The molecule has 2 amide bonds. The van der Waals surface area contributed by atoms with Crippen LogP contribution in [0.25, 0.3) is 0 Å². The van der Waals surface area contributed by atoms with Crippen LogP contribution >= 0.6 is 11.3 Å². The molecule has 2 aliphatic rings. The van der Waals surface area contributed by atoms with E-state index in [9.17, 15) is 14.4 Å². The van der Waals surface area contributed by atoms with E-state index in [0.717, 1.165) is 37.0 Å². The largest absolute Gasteiger partial charge is 0.463 e. The lowest BCUT2D eigenvalue weighted by atomic mass is 9.89. The number of hydrogen-bond acceptors (Lipinski definition) is 6. The molecule has 0 unspecified atom stereocenters. The molecule has 0 spiro atoms. The number of thiophene rings is 1. The summed E-state index contributed by atoms with van der Waals surface area (Å²) in [4.78, 5) is 37.8. The van der Waals surface area contributed by atoms with Crippen molar-refractivity contribution in [1.82, 2.24) is 10.6 Å². The van der Waals surface area contributed by atoms with Crippen LogP contribution in [0.15, 0.2) is 28.8 Å². The molecule has 0 saturated heterocycles. The molecule has 146 valence electrons. The molecule has 1 atom stereocenters. The van der Waals surface area contributed by atoms with Crippen molar-refractivity contribution in [1.29, 1.82) is 0 Å². The van der Waals surface area contributed by atoms with E-state index < -0.39 is 18.0 Å². The summed E-state index contributed by atoms with van der Waals surface area (Å²) in [6.45, 7) is 1.78. The maximum absolute atomic E-state index is 12.6. The number of ether oxygens (including phenoxy) is 2. The molecule has 0 aromatic carbocycles. The fourth-order valence-electron chi connectivity index (χ4n) is 3.45. The number of hydrogen-bond donors (Lipinski definition) is 2. The van der Waals surface area contributed by atoms with E-state index in [1.807, 2.05) is 17.5 Å². The summed E-state index contributed by atoms with van der Waals surface area (Å²) in [7, 11) is 0. The average molecular weight is 392 g/mol. The monoisotopic (exact) mass is 392 g/mol. The topological polar surface area (TPSA) is 93.7 Å². The molecular formula is C19H24N2O5S. The third-order valence-electron chi connectivity index (χ3n) is 4.77. The average Bonchev–Trinajstić information content (AvgIpc) is 3.21. The van der Waals surface area contributed by atoms with E-state index in [4.69, 9.17) is 9.47 Å². The van der Waals surface area contributed by atoms with E-state index in [2.05, 4.69) is 10.6 Å². The highest BCUT2D eigenvalue weighted by molar-refractivity contribution is 7.10. The second-order valence-electron chi connectivity index (χ2n) is 6.60. The summed E-state index contributed by atoms with van der Waals surface area (Å²) < 4.78 is 10.6. The molecule has 1 fully saturated rings. The minimum Gasteiger partial charge on any atom is -0.463 e. The van der Waals surface area contributed by atoms with E-state index in [1.54, 1.807) is 6.92 Å². The van der Waals surface area contributed by atoms with Gasteiger partial charge in [-0.15, -0.1) is 11.3 Å².